The van der Waals surface area contributed by atoms with Gasteiger partial charge in [-0.15, -0.1) is 22.7 Å². The van der Waals surface area contributed by atoms with Gasteiger partial charge in [-0.2, -0.15) is 0 Å². The van der Waals surface area contributed by atoms with Crippen molar-refractivity contribution >= 4 is 44.4 Å². The van der Waals surface area contributed by atoms with Crippen molar-refractivity contribution in [2.75, 3.05) is 24.7 Å². The maximum atomic E-state index is 12.8. The maximum Gasteiger partial charge on any atom is 0.265 e. The molecule has 5 rings (SSSR count). The van der Waals surface area contributed by atoms with E-state index in [2.05, 4.69) is 32.8 Å². The van der Waals surface area contributed by atoms with Gasteiger partial charge in [0.05, 0.1) is 21.8 Å². The van der Waals surface area contributed by atoms with Crippen LogP contribution in [0.1, 0.15) is 33.8 Å². The smallest absolute Gasteiger partial charge is 0.265 e. The summed E-state index contributed by atoms with van der Waals surface area (Å²) < 4.78 is 6.49. The second-order valence-electron chi connectivity index (χ2n) is 8.01. The number of nitrogens with one attached hydrogen (secondary N) is 1. The van der Waals surface area contributed by atoms with Crippen LogP contribution < -0.4 is 10.2 Å². The molecule has 1 fully saturated rings. The molecule has 0 aromatic carbocycles. The third-order valence-corrected chi connectivity index (χ3v) is 7.90. The number of aromatic nitrogens is 1. The summed E-state index contributed by atoms with van der Waals surface area (Å²) >= 11 is 3.30. The monoisotopic (exact) mass is 451 g/mol. The van der Waals surface area contributed by atoms with Crippen molar-refractivity contribution in [3.05, 3.63) is 69.8 Å². The molecule has 0 atom stereocenters. The number of pyridine rings is 1. The number of anilines is 1. The zero-order valence-electron chi connectivity index (χ0n) is 17.3. The first-order valence-electron chi connectivity index (χ1n) is 10.7. The summed E-state index contributed by atoms with van der Waals surface area (Å²) in [6.07, 6.45) is 14.4. The number of aryl methyl sites for hydroxylation is 1. The highest BCUT2D eigenvalue weighted by Gasteiger charge is 2.17. The van der Waals surface area contributed by atoms with Gasteiger partial charge in [0.1, 0.15) is 0 Å². The van der Waals surface area contributed by atoms with E-state index < -0.39 is 0 Å². The maximum absolute atomic E-state index is 12.8. The minimum atomic E-state index is -0.0647. The van der Waals surface area contributed by atoms with Gasteiger partial charge < -0.3 is 15.0 Å². The van der Waals surface area contributed by atoms with E-state index in [-0.39, 0.29) is 5.91 Å². The Morgan fingerprint density at radius 2 is 2.19 bits per heavy atom. The zero-order chi connectivity index (χ0) is 21.0. The van der Waals surface area contributed by atoms with Crippen molar-refractivity contribution in [3.8, 4) is 0 Å². The molecule has 1 amide bonds. The molecular weight excluding hydrogens is 426 g/mol. The number of amides is 1. The van der Waals surface area contributed by atoms with Crippen LogP contribution in [-0.4, -0.2) is 30.6 Å². The largest absolute Gasteiger partial charge is 0.381 e. The van der Waals surface area contributed by atoms with Crippen LogP contribution >= 0.6 is 22.7 Å². The highest BCUT2D eigenvalue weighted by atomic mass is 32.1. The number of ether oxygens (including phenoxy) is 1. The summed E-state index contributed by atoms with van der Waals surface area (Å²) in [5.41, 5.74) is 2.09. The average Bonchev–Trinajstić information content (AvgIpc) is 3.46. The number of nitrogens with zero attached hydrogens (tertiary/aromatic N) is 2. The second-order valence-corrected chi connectivity index (χ2v) is 10.1. The molecule has 5 nitrogen and oxygen atoms in total. The van der Waals surface area contributed by atoms with Gasteiger partial charge in [0.15, 0.2) is 0 Å². The Morgan fingerprint density at radius 1 is 1.29 bits per heavy atom. The molecule has 0 bridgehead atoms. The van der Waals surface area contributed by atoms with Gasteiger partial charge in [-0.25, -0.2) is 0 Å². The fourth-order valence-corrected chi connectivity index (χ4v) is 5.87. The molecule has 3 aromatic heterocycles. The lowest BCUT2D eigenvalue weighted by molar-refractivity contribution is 0.0641. The molecule has 7 heteroatoms. The minimum Gasteiger partial charge on any atom is -0.381 e. The summed E-state index contributed by atoms with van der Waals surface area (Å²) in [5.74, 6) is 0.730. The number of allylic oxidation sites excluding steroid dienone is 2. The lowest BCUT2D eigenvalue weighted by atomic mass is 9.95. The van der Waals surface area contributed by atoms with Gasteiger partial charge in [0.2, 0.25) is 0 Å². The van der Waals surface area contributed by atoms with Crippen LogP contribution in [0.2, 0.25) is 0 Å². The molecule has 1 saturated heterocycles. The Labute approximate surface area is 190 Å². The van der Waals surface area contributed by atoms with Crippen LogP contribution in [0.4, 0.5) is 5.69 Å². The van der Waals surface area contributed by atoms with Crippen LogP contribution in [0.15, 0.2) is 60.0 Å². The van der Waals surface area contributed by atoms with Gasteiger partial charge in [-0.1, -0.05) is 0 Å². The third kappa shape index (κ3) is 4.89. The number of fused-ring (bicyclic) bond motifs is 1. The standard InChI is InChI=1S/C24H25N3O2S2/c28-24(22-12-18-5-8-25-14-23(18)31-22)26-19-2-1-9-27(15-19)20-13-21(30-16-20)4-3-17-6-10-29-11-7-17/h1-2,5,8-9,12-14,16-17H,3-4,6-7,10-11,15H2,(H,26,28). The van der Waals surface area contributed by atoms with Crippen molar-refractivity contribution in [1.29, 1.82) is 0 Å². The molecule has 0 aliphatic carbocycles. The summed E-state index contributed by atoms with van der Waals surface area (Å²) in [6, 6.07) is 6.15. The molecule has 160 valence electrons. The van der Waals surface area contributed by atoms with Gasteiger partial charge in [-0.3, -0.25) is 9.78 Å². The lowest BCUT2D eigenvalue weighted by Crippen LogP contribution is -2.31. The Kier molecular flexibility index (Phi) is 6.15. The molecule has 3 aromatic rings. The Morgan fingerprint density at radius 3 is 3.06 bits per heavy atom. The summed E-state index contributed by atoms with van der Waals surface area (Å²) in [6.45, 7) is 2.49. The number of carbonyl (C=O) groups is 1. The molecule has 1 N–H and O–H groups in total. The first-order valence-corrected chi connectivity index (χ1v) is 12.4. The molecule has 2 aliphatic rings. The van der Waals surface area contributed by atoms with E-state index in [0.29, 0.717) is 11.4 Å². The van der Waals surface area contributed by atoms with Crippen LogP contribution in [0.5, 0.6) is 0 Å². The minimum absolute atomic E-state index is 0.0647. The summed E-state index contributed by atoms with van der Waals surface area (Å²) in [7, 11) is 0. The molecule has 0 unspecified atom stereocenters. The van der Waals surface area contributed by atoms with Crippen LogP contribution in [0.3, 0.4) is 0 Å². The normalized spacial score (nSPS) is 17.2. The van der Waals surface area contributed by atoms with Gasteiger partial charge in [0, 0.05) is 47.8 Å². The van der Waals surface area contributed by atoms with Crippen LogP contribution in [0, 0.1) is 5.92 Å². The van der Waals surface area contributed by atoms with Gasteiger partial charge in [0.25, 0.3) is 5.91 Å². The SMILES string of the molecule is O=C(NC1=CC=CN(c2csc(CCC3CCOCC3)c2)C1)c1cc2ccncc2s1. The molecule has 0 radical (unpaired) electrons. The molecule has 0 saturated carbocycles. The van der Waals surface area contributed by atoms with E-state index in [9.17, 15) is 4.79 Å². The fourth-order valence-electron chi connectivity index (χ4n) is 4.05. The van der Waals surface area contributed by atoms with Crippen molar-refractivity contribution in [2.45, 2.75) is 25.7 Å². The Bertz CT molecular complexity index is 1090. The predicted octanol–water partition coefficient (Wildman–Crippen LogP) is 5.36. The van der Waals surface area contributed by atoms with Crippen molar-refractivity contribution in [2.24, 2.45) is 5.92 Å². The van der Waals surface area contributed by atoms with E-state index in [1.54, 1.807) is 12.4 Å². The third-order valence-electron chi connectivity index (χ3n) is 5.84. The number of hydrogen-bond acceptors (Lipinski definition) is 6. The molecule has 31 heavy (non-hydrogen) atoms. The number of carbonyl (C=O) groups excluding carboxylic acids is 1. The molecular formula is C24H25N3O2S2. The second kappa shape index (κ2) is 9.34. The van der Waals surface area contributed by atoms with Gasteiger partial charge in [-0.05, 0) is 67.3 Å². The highest BCUT2D eigenvalue weighted by molar-refractivity contribution is 7.20. The van der Waals surface area contributed by atoms with E-state index in [4.69, 9.17) is 4.74 Å². The first-order chi connectivity index (χ1) is 15.2. The predicted molar refractivity (Wildman–Crippen MR) is 128 cm³/mol. The van der Waals surface area contributed by atoms with E-state index >= 15 is 0 Å². The van der Waals surface area contributed by atoms with Crippen LogP contribution in [0.25, 0.3) is 10.1 Å². The van der Waals surface area contributed by atoms with Gasteiger partial charge >= 0.3 is 0 Å². The van der Waals surface area contributed by atoms with E-state index in [1.165, 1.54) is 41.2 Å². The molecule has 5 heterocycles. The van der Waals surface area contributed by atoms with E-state index in [0.717, 1.165) is 41.3 Å². The van der Waals surface area contributed by atoms with E-state index in [1.807, 2.05) is 35.6 Å². The summed E-state index contributed by atoms with van der Waals surface area (Å²) in [5, 5.41) is 6.35. The number of rotatable bonds is 6. The van der Waals surface area contributed by atoms with Crippen molar-refractivity contribution in [3.63, 3.8) is 0 Å². The zero-order valence-corrected chi connectivity index (χ0v) is 18.9. The molecule has 0 spiro atoms. The molecule has 2 aliphatic heterocycles. The van der Waals surface area contributed by atoms with Crippen molar-refractivity contribution < 1.29 is 9.53 Å². The van der Waals surface area contributed by atoms with Crippen molar-refractivity contribution in [1.82, 2.24) is 10.3 Å². The Balaban J connectivity index is 1.18. The van der Waals surface area contributed by atoms with Crippen LogP contribution in [-0.2, 0) is 11.2 Å². The lowest BCUT2D eigenvalue weighted by Gasteiger charge is -2.24. The topological polar surface area (TPSA) is 54.5 Å². The first kappa shape index (κ1) is 20.4. The highest BCUT2D eigenvalue weighted by Crippen LogP contribution is 2.29. The quantitative estimate of drug-likeness (QED) is 0.548. The summed E-state index contributed by atoms with van der Waals surface area (Å²) in [4.78, 5) is 21.2. The Hall–Kier alpha value is -2.48. The number of hydrogen-bond donors (Lipinski definition) is 1. The number of thiophene rings is 2. The average molecular weight is 452 g/mol. The fraction of sp³-hybridized carbons (Fsp3) is 0.333.